The predicted molar refractivity (Wildman–Crippen MR) is 133 cm³/mol. The fourth-order valence-electron chi connectivity index (χ4n) is 2.11. The molecule has 1 nitrogen and oxygen atoms in total. The van der Waals surface area contributed by atoms with Crippen molar-refractivity contribution in [2.75, 3.05) is 6.61 Å². The molecule has 0 aliphatic rings. The molecule has 0 heterocycles. The first-order valence-electron chi connectivity index (χ1n) is 7.05. The van der Waals surface area contributed by atoms with Crippen LogP contribution in [0.3, 0.4) is 0 Å². The second-order valence-electron chi connectivity index (χ2n) is 5.64. The smallest absolute Gasteiger partial charge is 0.226 e. The first kappa shape index (κ1) is 30.3. The van der Waals surface area contributed by atoms with Gasteiger partial charge in [-0.3, -0.25) is 0 Å². The summed E-state index contributed by atoms with van der Waals surface area (Å²) in [7, 11) is 0. The number of aliphatic hydroxyl groups excluding tert-OH is 1. The van der Waals surface area contributed by atoms with Gasteiger partial charge in [0.2, 0.25) is 16.3 Å². The molecular weight excluding hydrogens is 680 g/mol. The fraction of sp³-hybridized carbons (Fsp3) is 0.571. The Kier molecular flexibility index (Phi) is 10.5. The van der Waals surface area contributed by atoms with Crippen LogP contribution in [0.4, 0.5) is 0 Å². The van der Waals surface area contributed by atoms with Crippen molar-refractivity contribution < 1.29 is 5.11 Å². The maximum atomic E-state index is 9.36. The summed E-state index contributed by atoms with van der Waals surface area (Å²) in [4.78, 5) is 0. The zero-order chi connectivity index (χ0) is 23.3. The van der Waals surface area contributed by atoms with Crippen LogP contribution in [0.5, 0.6) is 0 Å². The maximum absolute atomic E-state index is 9.36. The number of aliphatic hydroxyl groups is 1. The third-order valence-electron chi connectivity index (χ3n) is 3.69. The van der Waals surface area contributed by atoms with Crippen molar-refractivity contribution in [2.45, 2.75) is 31.3 Å². The highest BCUT2D eigenvalue weighted by Crippen LogP contribution is 2.63. The Morgan fingerprint density at radius 2 is 1.03 bits per heavy atom. The molecule has 0 aliphatic carbocycles. The first-order chi connectivity index (χ1) is 12.7. The Balaban J connectivity index is 3.78. The summed E-state index contributed by atoms with van der Waals surface area (Å²) in [6.45, 7) is -0.294. The van der Waals surface area contributed by atoms with Crippen LogP contribution < -0.4 is 0 Å². The maximum Gasteiger partial charge on any atom is 0.226 e. The molecule has 1 N–H and O–H groups in total. The van der Waals surface area contributed by atoms with Crippen molar-refractivity contribution in [1.82, 2.24) is 0 Å². The van der Waals surface area contributed by atoms with E-state index in [0.29, 0.717) is 5.56 Å². The molecule has 0 spiro atoms. The number of alkyl halides is 14. The molecular formula is C14H8Cl14O. The van der Waals surface area contributed by atoms with E-state index in [0.717, 1.165) is 0 Å². The highest BCUT2D eigenvalue weighted by molar-refractivity contribution is 6.79. The average Bonchev–Trinajstić information content (AvgIpc) is 2.52. The van der Waals surface area contributed by atoms with Crippen LogP contribution in [0.15, 0.2) is 18.2 Å². The van der Waals surface area contributed by atoms with Crippen LogP contribution in [-0.4, -0.2) is 28.0 Å². The highest BCUT2D eigenvalue weighted by Gasteiger charge is 2.63. The molecule has 0 unspecified atom stereocenters. The van der Waals surface area contributed by atoms with Gasteiger partial charge >= 0.3 is 0 Å². The van der Waals surface area contributed by atoms with Crippen LogP contribution in [0.1, 0.15) is 16.7 Å². The van der Waals surface area contributed by atoms with Gasteiger partial charge in [-0.15, -0.1) is 0 Å². The second-order valence-corrected chi connectivity index (χ2v) is 15.5. The van der Waals surface area contributed by atoms with Gasteiger partial charge in [0.1, 0.15) is 0 Å². The highest BCUT2D eigenvalue weighted by atomic mass is 35.6. The van der Waals surface area contributed by atoms with E-state index in [1.807, 2.05) is 0 Å². The molecule has 0 atom stereocenters. The number of benzene rings is 1. The largest absolute Gasteiger partial charge is 0.396 e. The summed E-state index contributed by atoms with van der Waals surface area (Å²) >= 11 is 85.3. The van der Waals surface area contributed by atoms with Gasteiger partial charge in [-0.05, 0) is 29.2 Å². The van der Waals surface area contributed by atoms with Gasteiger partial charge in [-0.25, -0.2) is 0 Å². The molecule has 1 aromatic rings. The van der Waals surface area contributed by atoms with Gasteiger partial charge in [-0.2, -0.15) is 0 Å². The Morgan fingerprint density at radius 1 is 0.621 bits per heavy atom. The van der Waals surface area contributed by atoms with Gasteiger partial charge in [0, 0.05) is 6.61 Å². The van der Waals surface area contributed by atoms with Crippen LogP contribution in [0.2, 0.25) is 0 Å². The standard InChI is InChI=1S/C14H8Cl14O/c15-9(16,11(19,20)13(23,24)25)7-2-1-6(3-4-29)8(5-7)10(17,18)12(21,22)14(26,27)28/h1-2,5,29H,3-4H2. The van der Waals surface area contributed by atoms with Crippen molar-refractivity contribution in [3.05, 3.63) is 34.9 Å². The summed E-state index contributed by atoms with van der Waals surface area (Å²) in [6.07, 6.45) is 0.0649. The van der Waals surface area contributed by atoms with Crippen molar-refractivity contribution in [2.24, 2.45) is 0 Å². The fourth-order valence-corrected chi connectivity index (χ4v) is 5.12. The van der Waals surface area contributed by atoms with E-state index in [1.165, 1.54) is 18.2 Å². The molecule has 1 aromatic carbocycles. The topological polar surface area (TPSA) is 20.2 Å². The number of halogens is 14. The van der Waals surface area contributed by atoms with Crippen LogP contribution in [0.25, 0.3) is 0 Å². The van der Waals surface area contributed by atoms with E-state index in [9.17, 15) is 5.11 Å². The van der Waals surface area contributed by atoms with Crippen molar-refractivity contribution in [3.63, 3.8) is 0 Å². The third kappa shape index (κ3) is 5.91. The minimum atomic E-state index is -2.38. The normalized spacial score (nSPS) is 15.0. The Hall–Kier alpha value is 3.24. The molecule has 29 heavy (non-hydrogen) atoms. The minimum absolute atomic E-state index is 0.00651. The van der Waals surface area contributed by atoms with E-state index in [2.05, 4.69) is 0 Å². The number of hydrogen-bond donors (Lipinski definition) is 1. The molecule has 0 fully saturated rings. The summed E-state index contributed by atoms with van der Waals surface area (Å²) in [5.74, 6) is 0. The lowest BCUT2D eigenvalue weighted by Gasteiger charge is -2.41. The second kappa shape index (κ2) is 10.1. The van der Waals surface area contributed by atoms with Gasteiger partial charge in [0.25, 0.3) is 0 Å². The van der Waals surface area contributed by atoms with Gasteiger partial charge in [-0.1, -0.05) is 175 Å². The summed E-state index contributed by atoms with van der Waals surface area (Å²) in [5.41, 5.74) is 0.352. The molecule has 0 saturated heterocycles. The zero-order valence-electron chi connectivity index (χ0n) is 13.4. The van der Waals surface area contributed by atoms with Crippen LogP contribution in [0, 0.1) is 0 Å². The SMILES string of the molecule is OCCc1ccc(C(Cl)(Cl)C(Cl)(Cl)C(Cl)(Cl)Cl)cc1C(Cl)(Cl)C(Cl)(Cl)C(Cl)(Cl)Cl. The van der Waals surface area contributed by atoms with Crippen molar-refractivity contribution >= 4 is 162 Å². The van der Waals surface area contributed by atoms with Gasteiger partial charge in [0.05, 0.1) is 0 Å². The molecule has 15 heteroatoms. The van der Waals surface area contributed by atoms with Crippen LogP contribution in [-0.2, 0) is 15.1 Å². The first-order valence-corrected chi connectivity index (χ1v) is 12.3. The van der Waals surface area contributed by atoms with E-state index in [4.69, 9.17) is 162 Å². The Bertz CT molecular complexity index is 731. The van der Waals surface area contributed by atoms with Crippen molar-refractivity contribution in [1.29, 1.82) is 0 Å². The predicted octanol–water partition coefficient (Wildman–Crippen LogP) is 9.57. The molecule has 168 valence electrons. The zero-order valence-corrected chi connectivity index (χ0v) is 24.0. The lowest BCUT2D eigenvalue weighted by molar-refractivity contribution is 0.299. The number of hydrogen-bond acceptors (Lipinski definition) is 1. The van der Waals surface area contributed by atoms with E-state index in [1.54, 1.807) is 0 Å². The van der Waals surface area contributed by atoms with Gasteiger partial charge < -0.3 is 5.11 Å². The molecule has 1 rings (SSSR count). The monoisotopic (exact) mass is 682 g/mol. The summed E-state index contributed by atoms with van der Waals surface area (Å²) in [5, 5.41) is 9.36. The Labute approximate surface area is 237 Å². The molecule has 0 radical (unpaired) electrons. The van der Waals surface area contributed by atoms with E-state index < -0.39 is 24.9 Å². The van der Waals surface area contributed by atoms with Crippen molar-refractivity contribution in [3.8, 4) is 0 Å². The average molecular weight is 689 g/mol. The molecule has 0 saturated carbocycles. The number of rotatable bonds is 6. The van der Waals surface area contributed by atoms with E-state index >= 15 is 0 Å². The lowest BCUT2D eigenvalue weighted by Crippen LogP contribution is -2.47. The molecule has 0 aliphatic heterocycles. The summed E-state index contributed by atoms with van der Waals surface area (Å²) in [6, 6.07) is 4.09. The minimum Gasteiger partial charge on any atom is -0.396 e. The van der Waals surface area contributed by atoms with Crippen LogP contribution >= 0.6 is 162 Å². The molecule has 0 aromatic heterocycles. The Morgan fingerprint density at radius 3 is 1.41 bits per heavy atom. The lowest BCUT2D eigenvalue weighted by atomic mass is 9.95. The summed E-state index contributed by atoms with van der Waals surface area (Å²) < 4.78 is -13.9. The van der Waals surface area contributed by atoms with E-state index in [-0.39, 0.29) is 24.2 Å². The quantitative estimate of drug-likeness (QED) is 0.296. The molecule has 0 bridgehead atoms. The third-order valence-corrected chi connectivity index (χ3v) is 11.6. The molecule has 0 amide bonds. The van der Waals surface area contributed by atoms with Gasteiger partial charge in [0.15, 0.2) is 8.67 Å².